The number of aryl methyl sites for hydroxylation is 1. The van der Waals surface area contributed by atoms with E-state index in [1.54, 1.807) is 11.8 Å². The van der Waals surface area contributed by atoms with Gasteiger partial charge in [0.15, 0.2) is 0 Å². The molecule has 3 N–H and O–H groups in total. The largest absolute Gasteiger partial charge is 0.354 e. The average molecular weight is 278 g/mol. The molecule has 4 heteroatoms. The number of nitrogens with one attached hydrogen (secondary N) is 1. The predicted molar refractivity (Wildman–Crippen MR) is 81.5 cm³/mol. The molecule has 1 aromatic carbocycles. The molecular formula is C15H22N2OS. The molecule has 1 unspecified atom stereocenters. The van der Waals surface area contributed by atoms with Gasteiger partial charge >= 0.3 is 0 Å². The van der Waals surface area contributed by atoms with Crippen LogP contribution in [0.5, 0.6) is 0 Å². The molecule has 2 atom stereocenters. The summed E-state index contributed by atoms with van der Waals surface area (Å²) in [6.07, 6.45) is 5.02. The average Bonchev–Trinajstić information content (AvgIpc) is 2.85. The number of thioether (sulfide) groups is 1. The van der Waals surface area contributed by atoms with Gasteiger partial charge in [-0.3, -0.25) is 4.79 Å². The van der Waals surface area contributed by atoms with E-state index in [9.17, 15) is 4.79 Å². The molecule has 0 aromatic heterocycles. The topological polar surface area (TPSA) is 55.1 Å². The van der Waals surface area contributed by atoms with E-state index >= 15 is 0 Å². The number of carbonyl (C=O) groups excluding carboxylic acids is 1. The highest BCUT2D eigenvalue weighted by molar-refractivity contribution is 7.98. The monoisotopic (exact) mass is 278 g/mol. The van der Waals surface area contributed by atoms with Gasteiger partial charge in [-0.05, 0) is 42.4 Å². The van der Waals surface area contributed by atoms with Gasteiger partial charge in [0, 0.05) is 12.5 Å². The van der Waals surface area contributed by atoms with Gasteiger partial charge in [0.1, 0.15) is 0 Å². The van der Waals surface area contributed by atoms with Crippen LogP contribution in [-0.2, 0) is 11.2 Å². The number of nitrogens with two attached hydrogens (primary N) is 1. The zero-order valence-corrected chi connectivity index (χ0v) is 12.2. The van der Waals surface area contributed by atoms with Crippen LogP contribution in [0.3, 0.4) is 0 Å². The van der Waals surface area contributed by atoms with Gasteiger partial charge < -0.3 is 11.1 Å². The van der Waals surface area contributed by atoms with Gasteiger partial charge in [0.05, 0.1) is 6.04 Å². The Morgan fingerprint density at radius 1 is 1.53 bits per heavy atom. The van der Waals surface area contributed by atoms with Crippen molar-refractivity contribution >= 4 is 17.7 Å². The SMILES string of the molecule is CSCC[C@H](N)C(=O)NCC1CCc2ccccc21. The maximum atomic E-state index is 11.9. The van der Waals surface area contributed by atoms with E-state index in [0.717, 1.165) is 25.0 Å². The summed E-state index contributed by atoms with van der Waals surface area (Å²) in [4.78, 5) is 11.9. The van der Waals surface area contributed by atoms with Crippen LogP contribution in [0.15, 0.2) is 24.3 Å². The summed E-state index contributed by atoms with van der Waals surface area (Å²) >= 11 is 1.72. The summed E-state index contributed by atoms with van der Waals surface area (Å²) < 4.78 is 0. The van der Waals surface area contributed by atoms with Crippen LogP contribution in [0.4, 0.5) is 0 Å². The summed E-state index contributed by atoms with van der Waals surface area (Å²) in [5, 5.41) is 3.00. The second-order valence-corrected chi connectivity index (χ2v) is 6.05. The summed E-state index contributed by atoms with van der Waals surface area (Å²) in [6.45, 7) is 0.711. The van der Waals surface area contributed by atoms with Crippen molar-refractivity contribution in [3.63, 3.8) is 0 Å². The van der Waals surface area contributed by atoms with Crippen molar-refractivity contribution in [2.45, 2.75) is 31.2 Å². The molecule has 0 bridgehead atoms. The highest BCUT2D eigenvalue weighted by Crippen LogP contribution is 2.32. The molecule has 0 spiro atoms. The molecule has 0 aliphatic heterocycles. The van der Waals surface area contributed by atoms with Crippen LogP contribution in [0.1, 0.15) is 29.9 Å². The first kappa shape index (κ1) is 14.4. The highest BCUT2D eigenvalue weighted by atomic mass is 32.2. The zero-order chi connectivity index (χ0) is 13.7. The second kappa shape index (κ2) is 6.96. The van der Waals surface area contributed by atoms with Crippen molar-refractivity contribution in [1.82, 2.24) is 5.32 Å². The molecule has 0 saturated heterocycles. The number of amides is 1. The van der Waals surface area contributed by atoms with E-state index in [2.05, 4.69) is 29.6 Å². The number of rotatable bonds is 6. The number of fused-ring (bicyclic) bond motifs is 1. The van der Waals surface area contributed by atoms with Crippen LogP contribution in [0.2, 0.25) is 0 Å². The van der Waals surface area contributed by atoms with Gasteiger partial charge in [0.25, 0.3) is 0 Å². The fourth-order valence-corrected chi connectivity index (χ4v) is 3.08. The van der Waals surface area contributed by atoms with Crippen molar-refractivity contribution in [2.75, 3.05) is 18.6 Å². The summed E-state index contributed by atoms with van der Waals surface area (Å²) in [5.74, 6) is 1.37. The van der Waals surface area contributed by atoms with Gasteiger partial charge in [-0.15, -0.1) is 0 Å². The lowest BCUT2D eigenvalue weighted by atomic mass is 10.0. The Kier molecular flexibility index (Phi) is 5.28. The van der Waals surface area contributed by atoms with Crippen LogP contribution < -0.4 is 11.1 Å². The number of hydrogen-bond donors (Lipinski definition) is 2. The first-order valence-electron chi connectivity index (χ1n) is 6.82. The van der Waals surface area contributed by atoms with Crippen molar-refractivity contribution < 1.29 is 4.79 Å². The molecular weight excluding hydrogens is 256 g/mol. The third kappa shape index (κ3) is 3.74. The fraction of sp³-hybridized carbons (Fsp3) is 0.533. The minimum atomic E-state index is -0.371. The zero-order valence-electron chi connectivity index (χ0n) is 11.4. The Hall–Kier alpha value is -1.00. The highest BCUT2D eigenvalue weighted by Gasteiger charge is 2.23. The Balaban J connectivity index is 1.82. The Morgan fingerprint density at radius 3 is 3.11 bits per heavy atom. The lowest BCUT2D eigenvalue weighted by Crippen LogP contribution is -2.42. The maximum absolute atomic E-state index is 11.9. The van der Waals surface area contributed by atoms with Crippen LogP contribution >= 0.6 is 11.8 Å². The van der Waals surface area contributed by atoms with Gasteiger partial charge in [-0.2, -0.15) is 11.8 Å². The van der Waals surface area contributed by atoms with Crippen LogP contribution in [-0.4, -0.2) is 30.5 Å². The molecule has 3 nitrogen and oxygen atoms in total. The molecule has 1 aliphatic carbocycles. The lowest BCUT2D eigenvalue weighted by Gasteiger charge is -2.15. The van der Waals surface area contributed by atoms with Crippen molar-refractivity contribution in [3.05, 3.63) is 35.4 Å². The molecule has 1 aliphatic rings. The minimum absolute atomic E-state index is 0.0153. The fourth-order valence-electron chi connectivity index (χ4n) is 2.59. The number of benzene rings is 1. The maximum Gasteiger partial charge on any atom is 0.236 e. The molecule has 104 valence electrons. The van der Waals surface area contributed by atoms with E-state index in [0.29, 0.717) is 12.5 Å². The van der Waals surface area contributed by atoms with Crippen molar-refractivity contribution in [3.8, 4) is 0 Å². The Labute approximate surface area is 119 Å². The number of hydrogen-bond acceptors (Lipinski definition) is 3. The summed E-state index contributed by atoms with van der Waals surface area (Å²) in [6, 6.07) is 8.14. The summed E-state index contributed by atoms with van der Waals surface area (Å²) in [7, 11) is 0. The first-order chi connectivity index (χ1) is 9.22. The normalized spacial score (nSPS) is 18.9. The predicted octanol–water partition coefficient (Wildman–Crippen LogP) is 1.91. The minimum Gasteiger partial charge on any atom is -0.354 e. The Morgan fingerprint density at radius 2 is 2.32 bits per heavy atom. The molecule has 1 aromatic rings. The van der Waals surface area contributed by atoms with E-state index < -0.39 is 0 Å². The molecule has 19 heavy (non-hydrogen) atoms. The van der Waals surface area contributed by atoms with E-state index in [-0.39, 0.29) is 11.9 Å². The standard InChI is InChI=1S/C15H22N2OS/c1-19-9-8-14(16)15(18)17-10-12-7-6-11-4-2-3-5-13(11)12/h2-5,12,14H,6-10,16H2,1H3,(H,17,18)/t12?,14-/m0/s1. The van der Waals surface area contributed by atoms with E-state index in [1.807, 2.05) is 6.26 Å². The molecule has 1 amide bonds. The van der Waals surface area contributed by atoms with Crippen molar-refractivity contribution in [2.24, 2.45) is 5.73 Å². The number of carbonyl (C=O) groups is 1. The quantitative estimate of drug-likeness (QED) is 0.836. The smallest absolute Gasteiger partial charge is 0.236 e. The van der Waals surface area contributed by atoms with Gasteiger partial charge in [0.2, 0.25) is 5.91 Å². The summed E-state index contributed by atoms with van der Waals surface area (Å²) in [5.41, 5.74) is 8.67. The third-order valence-electron chi connectivity index (χ3n) is 3.75. The molecule has 0 saturated carbocycles. The molecule has 0 radical (unpaired) electrons. The van der Waals surface area contributed by atoms with Crippen molar-refractivity contribution in [1.29, 1.82) is 0 Å². The van der Waals surface area contributed by atoms with Crippen LogP contribution in [0, 0.1) is 0 Å². The lowest BCUT2D eigenvalue weighted by molar-refractivity contribution is -0.122. The van der Waals surface area contributed by atoms with Gasteiger partial charge in [-0.25, -0.2) is 0 Å². The second-order valence-electron chi connectivity index (χ2n) is 5.07. The first-order valence-corrected chi connectivity index (χ1v) is 8.21. The van der Waals surface area contributed by atoms with Gasteiger partial charge in [-0.1, -0.05) is 24.3 Å². The molecule has 0 heterocycles. The van der Waals surface area contributed by atoms with Crippen LogP contribution in [0.25, 0.3) is 0 Å². The van der Waals surface area contributed by atoms with E-state index in [4.69, 9.17) is 5.73 Å². The van der Waals surface area contributed by atoms with E-state index in [1.165, 1.54) is 11.1 Å². The Bertz CT molecular complexity index is 436. The third-order valence-corrected chi connectivity index (χ3v) is 4.39. The molecule has 0 fully saturated rings. The molecule has 2 rings (SSSR count).